The molecule has 0 saturated heterocycles. The number of allylic oxidation sites excluding steroid dienone is 3. The van der Waals surface area contributed by atoms with Crippen LogP contribution in [0.3, 0.4) is 0 Å². The second kappa shape index (κ2) is 2.25. The van der Waals surface area contributed by atoms with E-state index in [1.807, 2.05) is 0 Å². The molecule has 0 aromatic carbocycles. The van der Waals surface area contributed by atoms with E-state index >= 15 is 0 Å². The van der Waals surface area contributed by atoms with Gasteiger partial charge in [-0.1, -0.05) is 5.47 Å². The third-order valence-corrected chi connectivity index (χ3v) is 1.32. The maximum Gasteiger partial charge on any atom is 0.110 e. The van der Waals surface area contributed by atoms with Crippen molar-refractivity contribution in [3.8, 4) is 0 Å². The number of rotatable bonds is 0. The van der Waals surface area contributed by atoms with Gasteiger partial charge in [-0.25, -0.2) is 4.39 Å². The largest absolute Gasteiger partial charge is 0.399 e. The lowest BCUT2D eigenvalue weighted by molar-refractivity contribution is 0.582. The number of nitrogens with two attached hydrogens (primary N) is 1. The van der Waals surface area contributed by atoms with Gasteiger partial charge in [-0.2, -0.15) is 0 Å². The zero-order valence-corrected chi connectivity index (χ0v) is 5.02. The summed E-state index contributed by atoms with van der Waals surface area (Å²) >= 11 is 0. The van der Waals surface area contributed by atoms with Crippen LogP contribution in [0.25, 0.3) is 0 Å². The van der Waals surface area contributed by atoms with E-state index in [4.69, 9.17) is 13.6 Å². The Morgan fingerprint density at radius 2 is 2.22 bits per heavy atom. The fourth-order valence-corrected chi connectivity index (χ4v) is 0.732. The molecule has 0 atom stereocenters. The topological polar surface area (TPSA) is 26.0 Å². The molecule has 0 aromatic heterocycles. The van der Waals surface area contributed by atoms with Crippen molar-refractivity contribution < 1.29 is 4.39 Å². The molecule has 0 aromatic rings. The summed E-state index contributed by atoms with van der Waals surface area (Å²) in [6.45, 7) is 0. The Morgan fingerprint density at radius 1 is 1.56 bits per heavy atom. The Kier molecular flexibility index (Phi) is 1.60. The Bertz CT molecular complexity index is 183. The zero-order chi connectivity index (χ0) is 6.85. The van der Waals surface area contributed by atoms with Crippen LogP contribution in [-0.4, -0.2) is 7.85 Å². The van der Waals surface area contributed by atoms with E-state index in [0.29, 0.717) is 24.0 Å². The van der Waals surface area contributed by atoms with Crippen LogP contribution in [0.5, 0.6) is 0 Å². The first-order chi connectivity index (χ1) is 4.20. The molecule has 46 valence electrons. The van der Waals surface area contributed by atoms with Gasteiger partial charge in [0.05, 0.1) is 0 Å². The monoisotopic (exact) mass is 123 g/mol. The Labute approximate surface area is 54.8 Å². The fourth-order valence-electron chi connectivity index (χ4n) is 0.732. The standard InChI is InChI=1S/C6H7BFN/c7-5-2-1-4(8)3-6(5)9/h3H,1-2,9H2. The SMILES string of the molecule is [B]C1=C(N)C=C(F)CC1. The fraction of sp³-hybridized carbons (Fsp3) is 0.333. The lowest BCUT2D eigenvalue weighted by Gasteiger charge is -2.09. The molecule has 3 heteroatoms. The quantitative estimate of drug-likeness (QED) is 0.477. The summed E-state index contributed by atoms with van der Waals surface area (Å²) in [5.41, 5.74) is 6.27. The third-order valence-electron chi connectivity index (χ3n) is 1.32. The normalized spacial score (nSPS) is 19.9. The van der Waals surface area contributed by atoms with Crippen LogP contribution in [0.1, 0.15) is 12.8 Å². The van der Waals surface area contributed by atoms with Gasteiger partial charge in [0.15, 0.2) is 0 Å². The maximum absolute atomic E-state index is 12.3. The molecule has 0 spiro atoms. The van der Waals surface area contributed by atoms with Crippen LogP contribution in [0.15, 0.2) is 23.1 Å². The van der Waals surface area contributed by atoms with Crippen molar-refractivity contribution in [2.45, 2.75) is 12.8 Å². The lowest BCUT2D eigenvalue weighted by atomic mass is 9.86. The predicted molar refractivity (Wildman–Crippen MR) is 35.4 cm³/mol. The average Bonchev–Trinajstić information content (AvgIpc) is 1.80. The van der Waals surface area contributed by atoms with Gasteiger partial charge in [0.1, 0.15) is 13.7 Å². The lowest BCUT2D eigenvalue weighted by Crippen LogP contribution is -2.04. The van der Waals surface area contributed by atoms with Crippen LogP contribution < -0.4 is 5.73 Å². The van der Waals surface area contributed by atoms with Crippen LogP contribution in [0.2, 0.25) is 0 Å². The van der Waals surface area contributed by atoms with E-state index in [1.165, 1.54) is 6.08 Å². The highest BCUT2D eigenvalue weighted by Crippen LogP contribution is 2.19. The molecule has 0 bridgehead atoms. The van der Waals surface area contributed by atoms with Gasteiger partial charge in [-0.15, -0.1) is 0 Å². The van der Waals surface area contributed by atoms with E-state index in [0.717, 1.165) is 0 Å². The molecule has 9 heavy (non-hydrogen) atoms. The maximum atomic E-state index is 12.3. The minimum Gasteiger partial charge on any atom is -0.399 e. The van der Waals surface area contributed by atoms with Crippen molar-refractivity contribution in [2.75, 3.05) is 0 Å². The summed E-state index contributed by atoms with van der Waals surface area (Å²) in [6, 6.07) is 0. The van der Waals surface area contributed by atoms with Crippen molar-refractivity contribution in [1.29, 1.82) is 0 Å². The van der Waals surface area contributed by atoms with Gasteiger partial charge in [0.25, 0.3) is 0 Å². The Hall–Kier alpha value is -0.725. The van der Waals surface area contributed by atoms with Crippen molar-refractivity contribution in [2.24, 2.45) is 5.73 Å². The Morgan fingerprint density at radius 3 is 2.67 bits per heavy atom. The zero-order valence-electron chi connectivity index (χ0n) is 5.02. The molecule has 0 fully saturated rings. The number of hydrogen-bond acceptors (Lipinski definition) is 1. The van der Waals surface area contributed by atoms with Gasteiger partial charge in [0, 0.05) is 12.1 Å². The molecule has 0 heterocycles. The van der Waals surface area contributed by atoms with E-state index < -0.39 is 0 Å². The van der Waals surface area contributed by atoms with Gasteiger partial charge < -0.3 is 5.73 Å². The summed E-state index contributed by atoms with van der Waals surface area (Å²) in [6.07, 6.45) is 2.22. The van der Waals surface area contributed by atoms with Crippen LogP contribution in [0, 0.1) is 0 Å². The van der Waals surface area contributed by atoms with E-state index in [9.17, 15) is 4.39 Å². The summed E-state index contributed by atoms with van der Waals surface area (Å²) < 4.78 is 12.3. The van der Waals surface area contributed by atoms with Crippen LogP contribution in [0.4, 0.5) is 4.39 Å². The number of halogens is 1. The van der Waals surface area contributed by atoms with E-state index in [-0.39, 0.29) is 5.83 Å². The van der Waals surface area contributed by atoms with Gasteiger partial charge >= 0.3 is 0 Å². The van der Waals surface area contributed by atoms with Crippen LogP contribution in [-0.2, 0) is 0 Å². The molecule has 1 rings (SSSR count). The molecule has 2 N–H and O–H groups in total. The summed E-state index contributed by atoms with van der Waals surface area (Å²) in [5.74, 6) is -0.179. The van der Waals surface area contributed by atoms with Crippen molar-refractivity contribution >= 4 is 7.85 Å². The third kappa shape index (κ3) is 1.34. The molecular formula is C6H7BFN. The van der Waals surface area contributed by atoms with E-state index in [1.54, 1.807) is 0 Å². The first-order valence-electron chi connectivity index (χ1n) is 2.80. The highest BCUT2D eigenvalue weighted by molar-refractivity contribution is 6.22. The molecule has 1 nitrogen and oxygen atoms in total. The van der Waals surface area contributed by atoms with Gasteiger partial charge in [-0.3, -0.25) is 0 Å². The summed E-state index contributed by atoms with van der Waals surface area (Å²) in [5, 5.41) is 0. The van der Waals surface area contributed by atoms with E-state index in [2.05, 4.69) is 0 Å². The molecule has 0 saturated carbocycles. The number of hydrogen-bond donors (Lipinski definition) is 1. The molecule has 0 unspecified atom stereocenters. The second-order valence-electron chi connectivity index (χ2n) is 2.07. The van der Waals surface area contributed by atoms with Gasteiger partial charge in [-0.05, 0) is 12.5 Å². The molecular weight excluding hydrogens is 116 g/mol. The first-order valence-corrected chi connectivity index (χ1v) is 2.80. The molecule has 0 amide bonds. The van der Waals surface area contributed by atoms with Crippen molar-refractivity contribution in [1.82, 2.24) is 0 Å². The average molecular weight is 123 g/mol. The molecule has 1 aliphatic rings. The van der Waals surface area contributed by atoms with Crippen molar-refractivity contribution in [3.05, 3.63) is 23.1 Å². The summed E-state index contributed by atoms with van der Waals surface area (Å²) in [7, 11) is 5.38. The van der Waals surface area contributed by atoms with Crippen molar-refractivity contribution in [3.63, 3.8) is 0 Å². The molecule has 2 radical (unpaired) electrons. The minimum absolute atomic E-state index is 0.179. The molecule has 0 aliphatic heterocycles. The predicted octanol–water partition coefficient (Wildman–Crippen LogP) is 0.972. The Balaban J connectivity index is 2.83. The minimum atomic E-state index is -0.179. The van der Waals surface area contributed by atoms with Gasteiger partial charge in [0.2, 0.25) is 0 Å². The first kappa shape index (κ1) is 6.40. The van der Waals surface area contributed by atoms with Crippen LogP contribution >= 0.6 is 0 Å². The highest BCUT2D eigenvalue weighted by atomic mass is 19.1. The summed E-state index contributed by atoms with van der Waals surface area (Å²) in [4.78, 5) is 0. The highest BCUT2D eigenvalue weighted by Gasteiger charge is 2.05. The smallest absolute Gasteiger partial charge is 0.110 e. The second-order valence-corrected chi connectivity index (χ2v) is 2.07. The molecule has 1 aliphatic carbocycles.